The smallest absolute Gasteiger partial charge is 0.326 e. The van der Waals surface area contributed by atoms with Gasteiger partial charge in [-0.25, -0.2) is 0 Å². The molecule has 2 unspecified atom stereocenters. The monoisotopic (exact) mass is 301 g/mol. The second-order valence-electron chi connectivity index (χ2n) is 6.38. The van der Waals surface area contributed by atoms with Crippen LogP contribution in [0.3, 0.4) is 0 Å². The molecule has 1 N–H and O–H groups in total. The highest BCUT2D eigenvalue weighted by molar-refractivity contribution is 5.81. The summed E-state index contributed by atoms with van der Waals surface area (Å²) in [6.45, 7) is 9.28. The molecule has 5 nitrogen and oxygen atoms in total. The zero-order valence-electron chi connectivity index (χ0n) is 14.1. The van der Waals surface area contributed by atoms with Gasteiger partial charge in [0, 0.05) is 12.5 Å². The fourth-order valence-electron chi connectivity index (χ4n) is 2.99. The Morgan fingerprint density at radius 2 is 2.00 bits per heavy atom. The quantitative estimate of drug-likeness (QED) is 0.550. The van der Waals surface area contributed by atoms with Crippen LogP contribution in [0, 0.1) is 0 Å². The molecule has 1 rings (SSSR count). The van der Waals surface area contributed by atoms with Crippen LogP contribution in [0.5, 0.6) is 0 Å². The van der Waals surface area contributed by atoms with E-state index in [1.165, 1.54) is 7.11 Å². The van der Waals surface area contributed by atoms with Gasteiger partial charge in [0.15, 0.2) is 0 Å². The van der Waals surface area contributed by atoms with E-state index in [0.29, 0.717) is 19.6 Å². The standard InChI is InChI=1S/C16H31NO4/c1-12(2)17-16(15(18)19-5)8-6-7-14(11-16)21-10-9-20-13(3)4/h12-14,17H,6-11H2,1-5H3. The molecule has 0 aromatic carbocycles. The zero-order chi connectivity index (χ0) is 15.9. The van der Waals surface area contributed by atoms with E-state index in [-0.39, 0.29) is 24.2 Å². The van der Waals surface area contributed by atoms with E-state index < -0.39 is 5.54 Å². The normalized spacial score (nSPS) is 26.3. The van der Waals surface area contributed by atoms with Crippen molar-refractivity contribution in [1.29, 1.82) is 0 Å². The third kappa shape index (κ3) is 5.93. The van der Waals surface area contributed by atoms with Crippen molar-refractivity contribution in [2.45, 2.75) is 77.2 Å². The van der Waals surface area contributed by atoms with Crippen molar-refractivity contribution in [3.05, 3.63) is 0 Å². The molecule has 5 heteroatoms. The average molecular weight is 301 g/mol. The number of ether oxygens (including phenoxy) is 3. The van der Waals surface area contributed by atoms with Gasteiger partial charge in [-0.3, -0.25) is 10.1 Å². The van der Waals surface area contributed by atoms with E-state index in [1.807, 2.05) is 27.7 Å². The molecular weight excluding hydrogens is 270 g/mol. The first-order chi connectivity index (χ1) is 9.89. The molecule has 21 heavy (non-hydrogen) atoms. The molecule has 0 heterocycles. The Morgan fingerprint density at radius 3 is 2.57 bits per heavy atom. The number of hydrogen-bond acceptors (Lipinski definition) is 5. The van der Waals surface area contributed by atoms with Crippen molar-refractivity contribution in [2.24, 2.45) is 0 Å². The largest absolute Gasteiger partial charge is 0.468 e. The predicted octanol–water partition coefficient (Wildman–Crippen LogP) is 2.28. The molecule has 0 amide bonds. The molecule has 0 aromatic heterocycles. The molecule has 0 spiro atoms. The van der Waals surface area contributed by atoms with Gasteiger partial charge in [-0.05, 0) is 47.0 Å². The lowest BCUT2D eigenvalue weighted by atomic mass is 9.79. The van der Waals surface area contributed by atoms with Gasteiger partial charge in [-0.2, -0.15) is 0 Å². The Kier molecular flexibility index (Phi) is 7.63. The lowest BCUT2D eigenvalue weighted by molar-refractivity contribution is -0.153. The van der Waals surface area contributed by atoms with Gasteiger partial charge in [0.05, 0.1) is 32.5 Å². The summed E-state index contributed by atoms with van der Waals surface area (Å²) < 4.78 is 16.4. The van der Waals surface area contributed by atoms with Crippen molar-refractivity contribution in [1.82, 2.24) is 5.32 Å². The fraction of sp³-hybridized carbons (Fsp3) is 0.938. The molecule has 2 atom stereocenters. The van der Waals surface area contributed by atoms with Gasteiger partial charge in [-0.15, -0.1) is 0 Å². The molecule has 1 fully saturated rings. The summed E-state index contributed by atoms with van der Waals surface area (Å²) in [6, 6.07) is 0.229. The summed E-state index contributed by atoms with van der Waals surface area (Å²) in [5.74, 6) is -0.178. The van der Waals surface area contributed by atoms with Crippen molar-refractivity contribution in [2.75, 3.05) is 20.3 Å². The minimum Gasteiger partial charge on any atom is -0.468 e. The SMILES string of the molecule is COC(=O)C1(NC(C)C)CCCC(OCCOC(C)C)C1. The Bertz CT molecular complexity index is 319. The number of nitrogens with one attached hydrogen (secondary N) is 1. The molecular formula is C16H31NO4. The van der Waals surface area contributed by atoms with Crippen LogP contribution in [-0.2, 0) is 19.0 Å². The van der Waals surface area contributed by atoms with Gasteiger partial charge in [-0.1, -0.05) is 0 Å². The highest BCUT2D eigenvalue weighted by Gasteiger charge is 2.44. The molecule has 0 aromatic rings. The molecule has 0 bridgehead atoms. The Labute approximate surface area is 128 Å². The summed E-state index contributed by atoms with van der Waals surface area (Å²) in [4.78, 5) is 12.2. The molecule has 0 aliphatic heterocycles. The Balaban J connectivity index is 2.55. The average Bonchev–Trinajstić information content (AvgIpc) is 2.42. The first-order valence-electron chi connectivity index (χ1n) is 7.99. The third-order valence-electron chi connectivity index (χ3n) is 3.73. The molecule has 0 radical (unpaired) electrons. The topological polar surface area (TPSA) is 56.8 Å². The van der Waals surface area contributed by atoms with E-state index in [2.05, 4.69) is 5.32 Å². The number of carbonyl (C=O) groups excluding carboxylic acids is 1. The van der Waals surface area contributed by atoms with Crippen molar-refractivity contribution in [3.63, 3.8) is 0 Å². The molecule has 1 aliphatic rings. The maximum absolute atomic E-state index is 12.2. The molecule has 1 aliphatic carbocycles. The van der Waals surface area contributed by atoms with Crippen LogP contribution >= 0.6 is 0 Å². The summed E-state index contributed by atoms with van der Waals surface area (Å²) in [5.41, 5.74) is -0.606. The van der Waals surface area contributed by atoms with Gasteiger partial charge in [0.1, 0.15) is 5.54 Å². The first kappa shape index (κ1) is 18.4. The summed E-state index contributed by atoms with van der Waals surface area (Å²) in [6.07, 6.45) is 3.72. The van der Waals surface area contributed by atoms with Crippen LogP contribution in [-0.4, -0.2) is 50.1 Å². The summed E-state index contributed by atoms with van der Waals surface area (Å²) in [5, 5.41) is 3.40. The number of rotatable bonds is 8. The van der Waals surface area contributed by atoms with E-state index in [0.717, 1.165) is 19.3 Å². The highest BCUT2D eigenvalue weighted by atomic mass is 16.5. The molecule has 124 valence electrons. The Hall–Kier alpha value is -0.650. The number of hydrogen-bond donors (Lipinski definition) is 1. The van der Waals surface area contributed by atoms with Crippen LogP contribution in [0.25, 0.3) is 0 Å². The molecule has 0 saturated heterocycles. The minimum atomic E-state index is -0.606. The van der Waals surface area contributed by atoms with E-state index >= 15 is 0 Å². The van der Waals surface area contributed by atoms with Gasteiger partial charge < -0.3 is 14.2 Å². The summed E-state index contributed by atoms with van der Waals surface area (Å²) >= 11 is 0. The van der Waals surface area contributed by atoms with Crippen molar-refractivity contribution < 1.29 is 19.0 Å². The lowest BCUT2D eigenvalue weighted by Gasteiger charge is -2.40. The number of methoxy groups -OCH3 is 1. The van der Waals surface area contributed by atoms with E-state index in [1.54, 1.807) is 0 Å². The summed E-state index contributed by atoms with van der Waals surface area (Å²) in [7, 11) is 1.45. The van der Waals surface area contributed by atoms with Gasteiger partial charge in [0.2, 0.25) is 0 Å². The first-order valence-corrected chi connectivity index (χ1v) is 7.99. The Morgan fingerprint density at radius 1 is 1.29 bits per heavy atom. The second kappa shape index (κ2) is 8.71. The van der Waals surface area contributed by atoms with Crippen molar-refractivity contribution in [3.8, 4) is 0 Å². The predicted molar refractivity (Wildman–Crippen MR) is 82.3 cm³/mol. The van der Waals surface area contributed by atoms with Crippen LogP contribution in [0.4, 0.5) is 0 Å². The van der Waals surface area contributed by atoms with Crippen LogP contribution in [0.2, 0.25) is 0 Å². The van der Waals surface area contributed by atoms with Crippen LogP contribution in [0.1, 0.15) is 53.4 Å². The minimum absolute atomic E-state index is 0.0832. The highest BCUT2D eigenvalue weighted by Crippen LogP contribution is 2.31. The maximum Gasteiger partial charge on any atom is 0.326 e. The van der Waals surface area contributed by atoms with Crippen LogP contribution in [0.15, 0.2) is 0 Å². The van der Waals surface area contributed by atoms with Crippen LogP contribution < -0.4 is 5.32 Å². The maximum atomic E-state index is 12.2. The number of esters is 1. The van der Waals surface area contributed by atoms with E-state index in [9.17, 15) is 4.79 Å². The van der Waals surface area contributed by atoms with Crippen molar-refractivity contribution >= 4 is 5.97 Å². The lowest BCUT2D eigenvalue weighted by Crippen LogP contribution is -2.58. The molecule has 1 saturated carbocycles. The fourth-order valence-corrected chi connectivity index (χ4v) is 2.99. The van der Waals surface area contributed by atoms with E-state index in [4.69, 9.17) is 14.2 Å². The number of carbonyl (C=O) groups is 1. The third-order valence-corrected chi connectivity index (χ3v) is 3.73. The van der Waals surface area contributed by atoms with Gasteiger partial charge in [0.25, 0.3) is 0 Å². The second-order valence-corrected chi connectivity index (χ2v) is 6.38. The van der Waals surface area contributed by atoms with Gasteiger partial charge >= 0.3 is 5.97 Å². The zero-order valence-corrected chi connectivity index (χ0v) is 14.1.